The Hall–Kier alpha value is -1.81. The highest BCUT2D eigenvalue weighted by atomic mass is 35.5. The molecule has 2 nitrogen and oxygen atoms in total. The van der Waals surface area contributed by atoms with Gasteiger partial charge in [0.2, 0.25) is 0 Å². The number of halogens is 3. The number of fused-ring (bicyclic) bond motifs is 1. The van der Waals surface area contributed by atoms with Crippen LogP contribution >= 0.6 is 11.6 Å². The zero-order valence-electron chi connectivity index (χ0n) is 11.3. The molecule has 0 radical (unpaired) electrons. The molecule has 2 aromatic rings. The second kappa shape index (κ2) is 5.53. The predicted molar refractivity (Wildman–Crippen MR) is 76.2 cm³/mol. The fourth-order valence-electron chi connectivity index (χ4n) is 2.45. The van der Waals surface area contributed by atoms with Gasteiger partial charge in [0.15, 0.2) is 0 Å². The molecule has 1 atom stereocenters. The first-order valence-corrected chi connectivity index (χ1v) is 6.96. The van der Waals surface area contributed by atoms with Crippen molar-refractivity contribution in [2.75, 3.05) is 13.7 Å². The Balaban J connectivity index is 2.00. The zero-order chi connectivity index (χ0) is 15.0. The minimum atomic E-state index is -0.901. The van der Waals surface area contributed by atoms with E-state index in [1.54, 1.807) is 12.1 Å². The van der Waals surface area contributed by atoms with Gasteiger partial charge in [-0.3, -0.25) is 0 Å². The Morgan fingerprint density at radius 3 is 2.57 bits per heavy atom. The van der Waals surface area contributed by atoms with Gasteiger partial charge in [-0.25, -0.2) is 8.78 Å². The van der Waals surface area contributed by atoms with Crippen molar-refractivity contribution in [3.63, 3.8) is 0 Å². The lowest BCUT2D eigenvalue weighted by atomic mass is 10.00. The Labute approximate surface area is 126 Å². The standard InChI is InChI=1S/C16H13ClF2O2/c1-20-11-7-12(18)15(13(19)8-11)16(17)10-2-3-14-9(6-10)4-5-21-14/h2-3,6-8,16H,4-5H2,1H3. The molecule has 0 spiro atoms. The number of benzene rings is 2. The summed E-state index contributed by atoms with van der Waals surface area (Å²) in [7, 11) is 1.35. The number of hydrogen-bond acceptors (Lipinski definition) is 2. The van der Waals surface area contributed by atoms with E-state index in [9.17, 15) is 8.78 Å². The van der Waals surface area contributed by atoms with E-state index in [1.165, 1.54) is 7.11 Å². The van der Waals surface area contributed by atoms with Crippen LogP contribution in [-0.4, -0.2) is 13.7 Å². The summed E-state index contributed by atoms with van der Waals surface area (Å²) in [6, 6.07) is 7.61. The molecule has 2 aromatic carbocycles. The summed E-state index contributed by atoms with van der Waals surface area (Å²) in [5.41, 5.74) is 1.48. The second-order valence-electron chi connectivity index (χ2n) is 4.83. The lowest BCUT2D eigenvalue weighted by Gasteiger charge is -2.14. The average molecular weight is 311 g/mol. The Kier molecular flexibility index (Phi) is 3.72. The third-order valence-corrected chi connectivity index (χ3v) is 4.02. The van der Waals surface area contributed by atoms with Gasteiger partial charge in [-0.05, 0) is 17.2 Å². The minimum absolute atomic E-state index is 0.125. The van der Waals surface area contributed by atoms with E-state index in [0.29, 0.717) is 12.2 Å². The summed E-state index contributed by atoms with van der Waals surface area (Å²) in [4.78, 5) is 0. The molecule has 0 fully saturated rings. The van der Waals surface area contributed by atoms with E-state index in [1.807, 2.05) is 6.07 Å². The number of hydrogen-bond donors (Lipinski definition) is 0. The van der Waals surface area contributed by atoms with Crippen LogP contribution in [0.25, 0.3) is 0 Å². The Bertz CT molecular complexity index is 665. The van der Waals surface area contributed by atoms with Crippen LogP contribution < -0.4 is 9.47 Å². The van der Waals surface area contributed by atoms with Crippen LogP contribution in [0.4, 0.5) is 8.78 Å². The van der Waals surface area contributed by atoms with Gasteiger partial charge in [-0.15, -0.1) is 11.6 Å². The molecule has 0 amide bonds. The molecule has 1 aliphatic rings. The third-order valence-electron chi connectivity index (χ3n) is 3.55. The van der Waals surface area contributed by atoms with E-state index in [-0.39, 0.29) is 11.3 Å². The fraction of sp³-hybridized carbons (Fsp3) is 0.250. The molecule has 1 aliphatic heterocycles. The number of methoxy groups -OCH3 is 1. The molecule has 0 bridgehead atoms. The molecule has 3 rings (SSSR count). The van der Waals surface area contributed by atoms with Crippen molar-refractivity contribution < 1.29 is 18.3 Å². The summed E-state index contributed by atoms with van der Waals surface area (Å²) < 4.78 is 38.4. The van der Waals surface area contributed by atoms with Crippen molar-refractivity contribution >= 4 is 11.6 Å². The van der Waals surface area contributed by atoms with Crippen molar-refractivity contribution in [2.45, 2.75) is 11.8 Å². The molecule has 21 heavy (non-hydrogen) atoms. The molecular weight excluding hydrogens is 298 g/mol. The third kappa shape index (κ3) is 2.56. The van der Waals surface area contributed by atoms with Crippen molar-refractivity contribution in [3.8, 4) is 11.5 Å². The van der Waals surface area contributed by atoms with Crippen molar-refractivity contribution in [2.24, 2.45) is 0 Å². The van der Waals surface area contributed by atoms with Crippen LogP contribution in [0.1, 0.15) is 22.1 Å². The Morgan fingerprint density at radius 1 is 1.19 bits per heavy atom. The van der Waals surface area contributed by atoms with E-state index >= 15 is 0 Å². The van der Waals surface area contributed by atoms with Crippen LogP contribution in [0.3, 0.4) is 0 Å². The lowest BCUT2D eigenvalue weighted by Crippen LogP contribution is -2.02. The summed E-state index contributed by atoms with van der Waals surface area (Å²) in [5.74, 6) is -0.509. The van der Waals surface area contributed by atoms with Crippen LogP contribution in [-0.2, 0) is 6.42 Å². The molecule has 0 N–H and O–H groups in total. The van der Waals surface area contributed by atoms with Crippen LogP contribution in [0.2, 0.25) is 0 Å². The minimum Gasteiger partial charge on any atom is -0.497 e. The SMILES string of the molecule is COc1cc(F)c(C(Cl)c2ccc3c(c2)CCO3)c(F)c1. The summed E-state index contributed by atoms with van der Waals surface area (Å²) in [6.07, 6.45) is 0.778. The number of rotatable bonds is 3. The molecule has 5 heteroatoms. The highest BCUT2D eigenvalue weighted by molar-refractivity contribution is 6.22. The molecule has 0 saturated carbocycles. The normalized spacial score (nSPS) is 14.5. The average Bonchev–Trinajstić information content (AvgIpc) is 2.93. The van der Waals surface area contributed by atoms with Gasteiger partial charge < -0.3 is 9.47 Å². The summed E-state index contributed by atoms with van der Waals surface area (Å²) in [6.45, 7) is 0.622. The van der Waals surface area contributed by atoms with Gasteiger partial charge in [0.05, 0.1) is 19.1 Å². The fourth-order valence-corrected chi connectivity index (χ4v) is 2.80. The molecule has 1 unspecified atom stereocenters. The molecular formula is C16H13ClF2O2. The molecule has 0 saturated heterocycles. The van der Waals surface area contributed by atoms with Crippen molar-refractivity contribution in [1.82, 2.24) is 0 Å². The number of ether oxygens (including phenoxy) is 2. The van der Waals surface area contributed by atoms with Crippen LogP contribution in [0.5, 0.6) is 11.5 Å². The summed E-state index contributed by atoms with van der Waals surface area (Å²) in [5, 5.41) is -0.901. The van der Waals surface area contributed by atoms with E-state index in [4.69, 9.17) is 21.1 Å². The van der Waals surface area contributed by atoms with Crippen LogP contribution in [0, 0.1) is 11.6 Å². The second-order valence-corrected chi connectivity index (χ2v) is 5.27. The van der Waals surface area contributed by atoms with E-state index in [0.717, 1.165) is 29.9 Å². The number of alkyl halides is 1. The maximum Gasteiger partial charge on any atom is 0.134 e. The Morgan fingerprint density at radius 2 is 1.90 bits per heavy atom. The molecule has 0 aromatic heterocycles. The van der Waals surface area contributed by atoms with Crippen molar-refractivity contribution in [3.05, 3.63) is 58.7 Å². The van der Waals surface area contributed by atoms with Crippen molar-refractivity contribution in [1.29, 1.82) is 0 Å². The van der Waals surface area contributed by atoms with Gasteiger partial charge in [-0.1, -0.05) is 12.1 Å². The largest absolute Gasteiger partial charge is 0.497 e. The van der Waals surface area contributed by atoms with E-state index in [2.05, 4.69) is 0 Å². The lowest BCUT2D eigenvalue weighted by molar-refractivity contribution is 0.357. The quantitative estimate of drug-likeness (QED) is 0.790. The van der Waals surface area contributed by atoms with E-state index < -0.39 is 17.0 Å². The monoisotopic (exact) mass is 310 g/mol. The smallest absolute Gasteiger partial charge is 0.134 e. The first kappa shape index (κ1) is 14.1. The van der Waals surface area contributed by atoms with Gasteiger partial charge in [0.25, 0.3) is 0 Å². The first-order valence-electron chi connectivity index (χ1n) is 6.52. The van der Waals surface area contributed by atoms with Gasteiger partial charge in [0.1, 0.15) is 23.1 Å². The first-order chi connectivity index (χ1) is 10.1. The zero-order valence-corrected chi connectivity index (χ0v) is 12.1. The predicted octanol–water partition coefficient (Wildman–Crippen LogP) is 4.24. The molecule has 110 valence electrons. The highest BCUT2D eigenvalue weighted by Crippen LogP contribution is 2.37. The summed E-state index contributed by atoms with van der Waals surface area (Å²) >= 11 is 6.28. The van der Waals surface area contributed by atoms with Gasteiger partial charge >= 0.3 is 0 Å². The highest BCUT2D eigenvalue weighted by Gasteiger charge is 2.23. The van der Waals surface area contributed by atoms with Gasteiger partial charge in [-0.2, -0.15) is 0 Å². The maximum absolute atomic E-state index is 14.1. The molecule has 0 aliphatic carbocycles. The van der Waals surface area contributed by atoms with Gasteiger partial charge in [0, 0.05) is 24.1 Å². The topological polar surface area (TPSA) is 18.5 Å². The molecule has 1 heterocycles. The maximum atomic E-state index is 14.1. The van der Waals surface area contributed by atoms with Crippen LogP contribution in [0.15, 0.2) is 30.3 Å².